The molecule has 2 aromatic carbocycles. The van der Waals surface area contributed by atoms with Crippen molar-refractivity contribution in [3.63, 3.8) is 0 Å². The molecule has 6 heteroatoms. The number of aromatic nitrogens is 3. The van der Waals surface area contributed by atoms with Crippen LogP contribution in [0.5, 0.6) is 5.75 Å². The molecule has 26 heavy (non-hydrogen) atoms. The Labute approximate surface area is 153 Å². The Bertz CT molecular complexity index is 837. The van der Waals surface area contributed by atoms with Crippen LogP contribution in [-0.2, 0) is 17.8 Å². The van der Waals surface area contributed by atoms with Gasteiger partial charge in [-0.05, 0) is 11.5 Å². The van der Waals surface area contributed by atoms with Gasteiger partial charge in [-0.1, -0.05) is 41.6 Å². The maximum Gasteiger partial charge on any atom is 0.127 e. The van der Waals surface area contributed by atoms with Gasteiger partial charge in [0.2, 0.25) is 0 Å². The molecular weight excluding hydrogens is 328 g/mol. The molecule has 1 aliphatic heterocycles. The molecule has 6 nitrogen and oxygen atoms in total. The van der Waals surface area contributed by atoms with Crippen LogP contribution in [0.4, 0.5) is 0 Å². The summed E-state index contributed by atoms with van der Waals surface area (Å²) in [6.45, 7) is 5.85. The Morgan fingerprint density at radius 3 is 2.81 bits per heavy atom. The first-order valence-corrected chi connectivity index (χ1v) is 9.18. The molecule has 1 aromatic heterocycles. The van der Waals surface area contributed by atoms with Crippen molar-refractivity contribution in [2.75, 3.05) is 32.9 Å². The van der Waals surface area contributed by atoms with Gasteiger partial charge in [0, 0.05) is 44.2 Å². The molecule has 0 atom stereocenters. The largest absolute Gasteiger partial charge is 0.493 e. The number of aryl methyl sites for hydroxylation is 1. The highest BCUT2D eigenvalue weighted by Crippen LogP contribution is 2.25. The SMILES string of the molecule is c1ccc2c(OCCCn3cc(CN4CCOCC4)nn3)cccc2c1. The Kier molecular flexibility index (Phi) is 5.42. The summed E-state index contributed by atoms with van der Waals surface area (Å²) >= 11 is 0. The number of fused-ring (bicyclic) bond motifs is 1. The molecule has 0 amide bonds. The summed E-state index contributed by atoms with van der Waals surface area (Å²) in [4.78, 5) is 2.35. The van der Waals surface area contributed by atoms with Crippen molar-refractivity contribution < 1.29 is 9.47 Å². The van der Waals surface area contributed by atoms with E-state index in [1.807, 2.05) is 35.1 Å². The molecular formula is C20H24N4O2. The molecule has 1 saturated heterocycles. The zero-order valence-corrected chi connectivity index (χ0v) is 14.9. The third-order valence-electron chi connectivity index (χ3n) is 4.61. The quantitative estimate of drug-likeness (QED) is 0.612. The molecule has 0 bridgehead atoms. The van der Waals surface area contributed by atoms with Crippen molar-refractivity contribution in [3.05, 3.63) is 54.4 Å². The Hall–Kier alpha value is -2.44. The number of morpholine rings is 1. The molecule has 0 radical (unpaired) electrons. The fourth-order valence-corrected chi connectivity index (χ4v) is 3.24. The van der Waals surface area contributed by atoms with Crippen LogP contribution in [0.1, 0.15) is 12.1 Å². The van der Waals surface area contributed by atoms with Crippen molar-refractivity contribution in [1.82, 2.24) is 19.9 Å². The van der Waals surface area contributed by atoms with Gasteiger partial charge in [-0.15, -0.1) is 5.10 Å². The Morgan fingerprint density at radius 2 is 1.88 bits per heavy atom. The summed E-state index contributed by atoms with van der Waals surface area (Å²) in [6.07, 6.45) is 2.93. The van der Waals surface area contributed by atoms with E-state index < -0.39 is 0 Å². The van der Waals surface area contributed by atoms with E-state index in [0.29, 0.717) is 6.61 Å². The van der Waals surface area contributed by atoms with E-state index in [-0.39, 0.29) is 0 Å². The predicted molar refractivity (Wildman–Crippen MR) is 100 cm³/mol. The Balaban J connectivity index is 1.26. The first kappa shape index (κ1) is 17.0. The standard InChI is InChI=1S/C20H24N4O2/c1-2-7-19-17(5-1)6-3-8-20(19)26-12-4-9-24-16-18(21-22-24)15-23-10-13-25-14-11-23/h1-3,5-8,16H,4,9-15H2. The molecule has 3 aromatic rings. The molecule has 2 heterocycles. The first-order chi connectivity index (χ1) is 12.9. The second kappa shape index (κ2) is 8.29. The van der Waals surface area contributed by atoms with Crippen LogP contribution >= 0.6 is 0 Å². The van der Waals surface area contributed by atoms with Crippen molar-refractivity contribution in [2.24, 2.45) is 0 Å². The maximum atomic E-state index is 5.99. The van der Waals surface area contributed by atoms with E-state index in [4.69, 9.17) is 9.47 Å². The normalized spacial score (nSPS) is 15.4. The molecule has 0 saturated carbocycles. The number of hydrogen-bond donors (Lipinski definition) is 0. The molecule has 0 N–H and O–H groups in total. The summed E-state index contributed by atoms with van der Waals surface area (Å²) < 4.78 is 13.3. The van der Waals surface area contributed by atoms with Gasteiger partial charge >= 0.3 is 0 Å². The summed E-state index contributed by atoms with van der Waals surface area (Å²) in [7, 11) is 0. The van der Waals surface area contributed by atoms with Crippen LogP contribution in [0.25, 0.3) is 10.8 Å². The average molecular weight is 352 g/mol. The van der Waals surface area contributed by atoms with E-state index in [1.165, 1.54) is 5.39 Å². The lowest BCUT2D eigenvalue weighted by Crippen LogP contribution is -2.35. The lowest BCUT2D eigenvalue weighted by atomic mass is 10.1. The van der Waals surface area contributed by atoms with Gasteiger partial charge in [0.05, 0.1) is 25.5 Å². The molecule has 0 aliphatic carbocycles. The summed E-state index contributed by atoms with van der Waals surface area (Å²) in [5.74, 6) is 0.940. The minimum absolute atomic E-state index is 0.659. The molecule has 136 valence electrons. The van der Waals surface area contributed by atoms with E-state index in [0.717, 1.165) is 62.6 Å². The molecule has 1 aliphatic rings. The summed E-state index contributed by atoms with van der Waals surface area (Å²) in [5, 5.41) is 10.9. The lowest BCUT2D eigenvalue weighted by Gasteiger charge is -2.25. The van der Waals surface area contributed by atoms with Gasteiger partial charge in [-0.2, -0.15) is 0 Å². The predicted octanol–water partition coefficient (Wildman–Crippen LogP) is 2.73. The van der Waals surface area contributed by atoms with Gasteiger partial charge in [0.1, 0.15) is 5.75 Å². The first-order valence-electron chi connectivity index (χ1n) is 9.18. The summed E-state index contributed by atoms with van der Waals surface area (Å²) in [6, 6.07) is 14.5. The van der Waals surface area contributed by atoms with Crippen LogP contribution in [0, 0.1) is 0 Å². The second-order valence-corrected chi connectivity index (χ2v) is 6.54. The van der Waals surface area contributed by atoms with Crippen LogP contribution in [-0.4, -0.2) is 52.8 Å². The van der Waals surface area contributed by atoms with Crippen LogP contribution in [0.3, 0.4) is 0 Å². The third-order valence-corrected chi connectivity index (χ3v) is 4.61. The highest BCUT2D eigenvalue weighted by atomic mass is 16.5. The zero-order valence-electron chi connectivity index (χ0n) is 14.9. The smallest absolute Gasteiger partial charge is 0.127 e. The molecule has 1 fully saturated rings. The number of rotatable bonds is 7. The number of benzene rings is 2. The van der Waals surface area contributed by atoms with Gasteiger partial charge in [-0.3, -0.25) is 9.58 Å². The summed E-state index contributed by atoms with van der Waals surface area (Å²) in [5.41, 5.74) is 1.02. The topological polar surface area (TPSA) is 52.4 Å². The van der Waals surface area contributed by atoms with Gasteiger partial charge in [0.25, 0.3) is 0 Å². The van der Waals surface area contributed by atoms with Crippen molar-refractivity contribution in [3.8, 4) is 5.75 Å². The average Bonchev–Trinajstić information content (AvgIpc) is 3.13. The highest BCUT2D eigenvalue weighted by Gasteiger charge is 2.12. The van der Waals surface area contributed by atoms with Crippen LogP contribution in [0.15, 0.2) is 48.7 Å². The van der Waals surface area contributed by atoms with E-state index in [1.54, 1.807) is 0 Å². The maximum absolute atomic E-state index is 5.99. The van der Waals surface area contributed by atoms with Gasteiger partial charge in [-0.25, -0.2) is 0 Å². The van der Waals surface area contributed by atoms with Crippen LogP contribution in [0.2, 0.25) is 0 Å². The van der Waals surface area contributed by atoms with E-state index in [2.05, 4.69) is 33.4 Å². The number of hydrogen-bond acceptors (Lipinski definition) is 5. The lowest BCUT2D eigenvalue weighted by molar-refractivity contribution is 0.0336. The second-order valence-electron chi connectivity index (χ2n) is 6.54. The van der Waals surface area contributed by atoms with Crippen molar-refractivity contribution >= 4 is 10.8 Å². The highest BCUT2D eigenvalue weighted by molar-refractivity contribution is 5.88. The zero-order chi connectivity index (χ0) is 17.6. The van der Waals surface area contributed by atoms with Gasteiger partial charge < -0.3 is 9.47 Å². The third kappa shape index (κ3) is 4.20. The number of nitrogens with zero attached hydrogens (tertiary/aromatic N) is 4. The number of ether oxygens (including phenoxy) is 2. The van der Waals surface area contributed by atoms with Crippen molar-refractivity contribution in [2.45, 2.75) is 19.5 Å². The molecule has 0 unspecified atom stereocenters. The van der Waals surface area contributed by atoms with Gasteiger partial charge in [0.15, 0.2) is 0 Å². The van der Waals surface area contributed by atoms with E-state index in [9.17, 15) is 0 Å². The molecule has 0 spiro atoms. The van der Waals surface area contributed by atoms with Crippen molar-refractivity contribution in [1.29, 1.82) is 0 Å². The minimum atomic E-state index is 0.659. The van der Waals surface area contributed by atoms with E-state index >= 15 is 0 Å². The van der Waals surface area contributed by atoms with Crippen LogP contribution < -0.4 is 4.74 Å². The Morgan fingerprint density at radius 1 is 1.04 bits per heavy atom. The monoisotopic (exact) mass is 352 g/mol. The molecule has 4 rings (SSSR count). The minimum Gasteiger partial charge on any atom is -0.493 e. The fourth-order valence-electron chi connectivity index (χ4n) is 3.24. The fraction of sp³-hybridized carbons (Fsp3) is 0.400.